The van der Waals surface area contributed by atoms with Gasteiger partial charge in [-0.2, -0.15) is 0 Å². The van der Waals surface area contributed by atoms with Crippen molar-refractivity contribution < 1.29 is 4.39 Å². The maximum Gasteiger partial charge on any atom is 0.123 e. The highest BCUT2D eigenvalue weighted by molar-refractivity contribution is 5.85. The Kier molecular flexibility index (Phi) is 5.82. The van der Waals surface area contributed by atoms with Crippen LogP contribution < -0.4 is 5.32 Å². The Morgan fingerprint density at radius 1 is 1.05 bits per heavy atom. The SMILES string of the molecule is Cl.Fc1ccc(CN(CC2CCNCC2)C2CC2)cc1. The van der Waals surface area contributed by atoms with E-state index < -0.39 is 0 Å². The zero-order valence-corrected chi connectivity index (χ0v) is 12.7. The summed E-state index contributed by atoms with van der Waals surface area (Å²) in [5.74, 6) is 0.697. The molecule has 1 heterocycles. The number of benzene rings is 1. The number of piperidine rings is 1. The summed E-state index contributed by atoms with van der Waals surface area (Å²) < 4.78 is 12.9. The molecule has 1 N–H and O–H groups in total. The summed E-state index contributed by atoms with van der Waals surface area (Å²) in [7, 11) is 0. The van der Waals surface area contributed by atoms with E-state index in [1.165, 1.54) is 50.9 Å². The molecule has 20 heavy (non-hydrogen) atoms. The molecular formula is C16H24ClFN2. The summed E-state index contributed by atoms with van der Waals surface area (Å²) in [6.07, 6.45) is 5.28. The van der Waals surface area contributed by atoms with Crippen LogP contribution in [0.4, 0.5) is 4.39 Å². The molecule has 4 heteroatoms. The van der Waals surface area contributed by atoms with Gasteiger partial charge in [-0.3, -0.25) is 4.90 Å². The van der Waals surface area contributed by atoms with Crippen molar-refractivity contribution in [2.24, 2.45) is 5.92 Å². The summed E-state index contributed by atoms with van der Waals surface area (Å²) in [5, 5.41) is 3.43. The Bertz CT molecular complexity index is 399. The van der Waals surface area contributed by atoms with Gasteiger partial charge in [0.25, 0.3) is 0 Å². The molecular weight excluding hydrogens is 275 g/mol. The lowest BCUT2D eigenvalue weighted by atomic mass is 9.97. The molecule has 0 unspecified atom stereocenters. The normalized spacial score (nSPS) is 19.9. The third kappa shape index (κ3) is 4.44. The van der Waals surface area contributed by atoms with Gasteiger partial charge in [-0.05, 0) is 62.4 Å². The second kappa shape index (κ2) is 7.39. The van der Waals surface area contributed by atoms with Gasteiger partial charge in [0.2, 0.25) is 0 Å². The van der Waals surface area contributed by atoms with E-state index in [1.807, 2.05) is 12.1 Å². The molecule has 2 nitrogen and oxygen atoms in total. The Balaban J connectivity index is 0.00000147. The van der Waals surface area contributed by atoms with Gasteiger partial charge in [-0.1, -0.05) is 12.1 Å². The maximum atomic E-state index is 12.9. The van der Waals surface area contributed by atoms with Crippen molar-refractivity contribution in [3.63, 3.8) is 0 Å². The van der Waals surface area contributed by atoms with E-state index in [2.05, 4.69) is 10.2 Å². The number of rotatable bonds is 5. The molecule has 0 aromatic heterocycles. The first-order valence-corrected chi connectivity index (χ1v) is 7.50. The van der Waals surface area contributed by atoms with E-state index >= 15 is 0 Å². The molecule has 112 valence electrons. The van der Waals surface area contributed by atoms with Crippen LogP contribution in [0.5, 0.6) is 0 Å². The molecule has 2 fully saturated rings. The van der Waals surface area contributed by atoms with Gasteiger partial charge in [0.05, 0.1) is 0 Å². The minimum Gasteiger partial charge on any atom is -0.317 e. The van der Waals surface area contributed by atoms with E-state index in [9.17, 15) is 4.39 Å². The summed E-state index contributed by atoms with van der Waals surface area (Å²) >= 11 is 0. The van der Waals surface area contributed by atoms with Gasteiger partial charge in [-0.25, -0.2) is 4.39 Å². The average molecular weight is 299 g/mol. The molecule has 2 aliphatic rings. The molecule has 1 saturated heterocycles. The first-order chi connectivity index (χ1) is 9.31. The number of halogens is 2. The predicted octanol–water partition coefficient (Wildman–Crippen LogP) is 3.21. The van der Waals surface area contributed by atoms with E-state index in [0.29, 0.717) is 0 Å². The molecule has 0 bridgehead atoms. The second-order valence-electron chi connectivity index (χ2n) is 5.98. The topological polar surface area (TPSA) is 15.3 Å². The van der Waals surface area contributed by atoms with Gasteiger partial charge >= 0.3 is 0 Å². The fourth-order valence-electron chi connectivity index (χ4n) is 3.00. The van der Waals surface area contributed by atoms with Crippen LogP contribution in [0.2, 0.25) is 0 Å². The minimum atomic E-state index is -0.139. The summed E-state index contributed by atoms with van der Waals surface area (Å²) in [6.45, 7) is 4.53. The number of hydrogen-bond acceptors (Lipinski definition) is 2. The molecule has 1 saturated carbocycles. The van der Waals surface area contributed by atoms with Crippen LogP contribution in [0.3, 0.4) is 0 Å². The molecule has 1 aliphatic heterocycles. The fraction of sp³-hybridized carbons (Fsp3) is 0.625. The molecule has 0 atom stereocenters. The second-order valence-corrected chi connectivity index (χ2v) is 5.98. The van der Waals surface area contributed by atoms with Crippen LogP contribution in [0.1, 0.15) is 31.2 Å². The van der Waals surface area contributed by atoms with Crippen molar-refractivity contribution in [3.05, 3.63) is 35.6 Å². The van der Waals surface area contributed by atoms with Crippen molar-refractivity contribution >= 4 is 12.4 Å². The smallest absolute Gasteiger partial charge is 0.123 e. The Morgan fingerprint density at radius 2 is 1.70 bits per heavy atom. The maximum absolute atomic E-state index is 12.9. The Hall–Kier alpha value is -0.640. The van der Waals surface area contributed by atoms with Crippen LogP contribution in [-0.2, 0) is 6.54 Å². The van der Waals surface area contributed by atoms with Gasteiger partial charge < -0.3 is 5.32 Å². The molecule has 0 radical (unpaired) electrons. The number of nitrogens with one attached hydrogen (secondary N) is 1. The highest BCUT2D eigenvalue weighted by Gasteiger charge is 2.30. The first kappa shape index (κ1) is 15.7. The average Bonchev–Trinajstić information content (AvgIpc) is 3.26. The third-order valence-corrected chi connectivity index (χ3v) is 4.31. The molecule has 0 amide bonds. The molecule has 3 rings (SSSR count). The largest absolute Gasteiger partial charge is 0.317 e. The Labute approximate surface area is 127 Å². The van der Waals surface area contributed by atoms with E-state index in [1.54, 1.807) is 12.1 Å². The highest BCUT2D eigenvalue weighted by Crippen LogP contribution is 2.30. The van der Waals surface area contributed by atoms with Gasteiger partial charge in [-0.15, -0.1) is 12.4 Å². The first-order valence-electron chi connectivity index (χ1n) is 7.50. The van der Waals surface area contributed by atoms with Crippen LogP contribution in [0.25, 0.3) is 0 Å². The fourth-order valence-corrected chi connectivity index (χ4v) is 3.00. The number of nitrogens with zero attached hydrogens (tertiary/aromatic N) is 1. The lowest BCUT2D eigenvalue weighted by Crippen LogP contribution is -2.37. The predicted molar refractivity (Wildman–Crippen MR) is 82.7 cm³/mol. The minimum absolute atomic E-state index is 0. The lowest BCUT2D eigenvalue weighted by Gasteiger charge is -2.30. The third-order valence-electron chi connectivity index (χ3n) is 4.31. The van der Waals surface area contributed by atoms with Crippen molar-refractivity contribution in [1.82, 2.24) is 10.2 Å². The summed E-state index contributed by atoms with van der Waals surface area (Å²) in [6, 6.07) is 7.77. The van der Waals surface area contributed by atoms with Gasteiger partial charge in [0, 0.05) is 19.1 Å². The van der Waals surface area contributed by atoms with Crippen molar-refractivity contribution in [2.45, 2.75) is 38.3 Å². The van der Waals surface area contributed by atoms with Gasteiger partial charge in [0.1, 0.15) is 5.82 Å². The van der Waals surface area contributed by atoms with Crippen molar-refractivity contribution in [1.29, 1.82) is 0 Å². The monoisotopic (exact) mass is 298 g/mol. The van der Waals surface area contributed by atoms with Crippen LogP contribution in [0.15, 0.2) is 24.3 Å². The standard InChI is InChI=1S/C16H23FN2.ClH/c17-15-3-1-13(2-4-15)11-19(16-5-6-16)12-14-7-9-18-10-8-14;/h1-4,14,16,18H,5-12H2;1H. The molecule has 0 spiro atoms. The Morgan fingerprint density at radius 3 is 2.30 bits per heavy atom. The number of hydrogen-bond donors (Lipinski definition) is 1. The molecule has 1 aromatic carbocycles. The quantitative estimate of drug-likeness (QED) is 0.898. The lowest BCUT2D eigenvalue weighted by molar-refractivity contribution is 0.190. The molecule has 1 aliphatic carbocycles. The zero-order valence-electron chi connectivity index (χ0n) is 11.9. The van der Waals surface area contributed by atoms with Crippen LogP contribution >= 0.6 is 12.4 Å². The van der Waals surface area contributed by atoms with Crippen LogP contribution in [0, 0.1) is 11.7 Å². The van der Waals surface area contributed by atoms with E-state index in [4.69, 9.17) is 0 Å². The highest BCUT2D eigenvalue weighted by atomic mass is 35.5. The van der Waals surface area contributed by atoms with E-state index in [0.717, 1.165) is 18.5 Å². The van der Waals surface area contributed by atoms with Crippen molar-refractivity contribution in [2.75, 3.05) is 19.6 Å². The van der Waals surface area contributed by atoms with Gasteiger partial charge in [0.15, 0.2) is 0 Å². The van der Waals surface area contributed by atoms with Crippen molar-refractivity contribution in [3.8, 4) is 0 Å². The van der Waals surface area contributed by atoms with Crippen LogP contribution in [-0.4, -0.2) is 30.6 Å². The van der Waals surface area contributed by atoms with E-state index in [-0.39, 0.29) is 18.2 Å². The molecule has 1 aromatic rings. The summed E-state index contributed by atoms with van der Waals surface area (Å²) in [5.41, 5.74) is 1.24. The zero-order chi connectivity index (χ0) is 13.1. The summed E-state index contributed by atoms with van der Waals surface area (Å²) in [4.78, 5) is 2.61.